The highest BCUT2D eigenvalue weighted by Crippen LogP contribution is 2.24. The van der Waals surface area contributed by atoms with E-state index in [4.69, 9.17) is 11.6 Å². The van der Waals surface area contributed by atoms with Crippen molar-refractivity contribution in [3.8, 4) is 11.4 Å². The highest BCUT2D eigenvalue weighted by molar-refractivity contribution is 6.29. The van der Waals surface area contributed by atoms with Crippen molar-refractivity contribution in [1.29, 1.82) is 0 Å². The first-order valence-corrected chi connectivity index (χ1v) is 6.63. The van der Waals surface area contributed by atoms with Crippen LogP contribution in [0.1, 0.15) is 6.42 Å². The molecular weight excluding hydrogens is 262 g/mol. The normalized spacial score (nSPS) is 18.8. The Labute approximate surface area is 116 Å². The van der Waals surface area contributed by atoms with Crippen LogP contribution in [0.3, 0.4) is 0 Å². The molecular formula is C14H14ClN3O. The molecule has 2 heterocycles. The molecule has 1 atom stereocenters. The molecule has 4 nitrogen and oxygen atoms in total. The summed E-state index contributed by atoms with van der Waals surface area (Å²) in [7, 11) is 0. The molecule has 1 aromatic carbocycles. The summed E-state index contributed by atoms with van der Waals surface area (Å²) in [6.07, 6.45) is 0.483. The van der Waals surface area contributed by atoms with Gasteiger partial charge in [-0.25, -0.2) is 9.97 Å². The van der Waals surface area contributed by atoms with E-state index in [9.17, 15) is 5.11 Å². The lowest BCUT2D eigenvalue weighted by Gasteiger charge is -2.17. The van der Waals surface area contributed by atoms with E-state index in [1.165, 1.54) is 0 Å². The largest absolute Gasteiger partial charge is 0.391 e. The summed E-state index contributed by atoms with van der Waals surface area (Å²) in [5.41, 5.74) is 0.936. The van der Waals surface area contributed by atoms with Crippen LogP contribution in [-0.2, 0) is 0 Å². The quantitative estimate of drug-likeness (QED) is 0.855. The van der Waals surface area contributed by atoms with E-state index >= 15 is 0 Å². The molecule has 1 saturated heterocycles. The summed E-state index contributed by atoms with van der Waals surface area (Å²) >= 11 is 6.07. The fourth-order valence-corrected chi connectivity index (χ4v) is 2.41. The maximum atomic E-state index is 9.60. The van der Waals surface area contributed by atoms with Crippen molar-refractivity contribution >= 4 is 17.4 Å². The van der Waals surface area contributed by atoms with Crippen molar-refractivity contribution in [3.05, 3.63) is 41.6 Å². The second-order valence-electron chi connectivity index (χ2n) is 4.63. The van der Waals surface area contributed by atoms with E-state index in [-0.39, 0.29) is 6.10 Å². The van der Waals surface area contributed by atoms with Gasteiger partial charge in [0.15, 0.2) is 5.82 Å². The fourth-order valence-electron chi connectivity index (χ4n) is 2.23. The topological polar surface area (TPSA) is 49.2 Å². The molecule has 1 fully saturated rings. The van der Waals surface area contributed by atoms with Gasteiger partial charge in [0.05, 0.1) is 6.10 Å². The fraction of sp³-hybridized carbons (Fsp3) is 0.286. The first kappa shape index (κ1) is 12.4. The third-order valence-electron chi connectivity index (χ3n) is 3.20. The first-order chi connectivity index (χ1) is 9.22. The zero-order valence-electron chi connectivity index (χ0n) is 10.3. The van der Waals surface area contributed by atoms with Crippen LogP contribution >= 0.6 is 11.6 Å². The SMILES string of the molecule is OC1CCN(c2cc(Cl)nc(-c3ccccc3)n2)C1. The Morgan fingerprint density at radius 3 is 2.68 bits per heavy atom. The molecule has 0 radical (unpaired) electrons. The summed E-state index contributed by atoms with van der Waals surface area (Å²) in [4.78, 5) is 10.8. The van der Waals surface area contributed by atoms with Crippen LogP contribution in [0.5, 0.6) is 0 Å². The minimum absolute atomic E-state index is 0.283. The number of aliphatic hydroxyl groups excluding tert-OH is 1. The number of hydrogen-bond acceptors (Lipinski definition) is 4. The number of halogens is 1. The van der Waals surface area contributed by atoms with Gasteiger partial charge in [-0.2, -0.15) is 0 Å². The van der Waals surface area contributed by atoms with Gasteiger partial charge in [0.1, 0.15) is 11.0 Å². The molecule has 5 heteroatoms. The zero-order valence-corrected chi connectivity index (χ0v) is 11.1. The van der Waals surface area contributed by atoms with Crippen molar-refractivity contribution in [2.24, 2.45) is 0 Å². The molecule has 0 saturated carbocycles. The maximum Gasteiger partial charge on any atom is 0.163 e. The van der Waals surface area contributed by atoms with E-state index < -0.39 is 0 Å². The molecule has 1 N–H and O–H groups in total. The smallest absolute Gasteiger partial charge is 0.163 e. The summed E-state index contributed by atoms with van der Waals surface area (Å²) in [5, 5.41) is 10.0. The standard InChI is InChI=1S/C14H14ClN3O/c15-12-8-13(18-7-6-11(19)9-18)17-14(16-12)10-4-2-1-3-5-10/h1-5,8,11,19H,6-7,9H2. The summed E-state index contributed by atoms with van der Waals surface area (Å²) in [6, 6.07) is 11.5. The Bertz CT molecular complexity index is 576. The Kier molecular flexibility index (Phi) is 3.36. The summed E-state index contributed by atoms with van der Waals surface area (Å²) < 4.78 is 0. The molecule has 19 heavy (non-hydrogen) atoms. The molecule has 2 aromatic rings. The van der Waals surface area contributed by atoms with Crippen LogP contribution < -0.4 is 4.90 Å². The van der Waals surface area contributed by atoms with Crippen molar-refractivity contribution in [2.75, 3.05) is 18.0 Å². The van der Waals surface area contributed by atoms with Crippen LogP contribution in [-0.4, -0.2) is 34.3 Å². The summed E-state index contributed by atoms with van der Waals surface area (Å²) in [6.45, 7) is 1.39. The molecule has 1 unspecified atom stereocenters. The highest BCUT2D eigenvalue weighted by Gasteiger charge is 2.22. The second-order valence-corrected chi connectivity index (χ2v) is 5.01. The van der Waals surface area contributed by atoms with Gasteiger partial charge in [-0.1, -0.05) is 41.9 Å². The molecule has 98 valence electrons. The van der Waals surface area contributed by atoms with E-state index in [2.05, 4.69) is 9.97 Å². The van der Waals surface area contributed by atoms with Crippen molar-refractivity contribution in [3.63, 3.8) is 0 Å². The molecule has 0 amide bonds. The lowest BCUT2D eigenvalue weighted by Crippen LogP contribution is -2.22. The van der Waals surface area contributed by atoms with E-state index in [0.717, 1.165) is 24.3 Å². The Hall–Kier alpha value is -1.65. The first-order valence-electron chi connectivity index (χ1n) is 6.25. The van der Waals surface area contributed by atoms with Crippen LogP contribution in [0.25, 0.3) is 11.4 Å². The van der Waals surface area contributed by atoms with E-state index in [0.29, 0.717) is 17.5 Å². The second kappa shape index (κ2) is 5.15. The van der Waals surface area contributed by atoms with Crippen molar-refractivity contribution in [2.45, 2.75) is 12.5 Å². The summed E-state index contributed by atoms with van der Waals surface area (Å²) in [5.74, 6) is 1.39. The minimum atomic E-state index is -0.283. The average molecular weight is 276 g/mol. The van der Waals surface area contributed by atoms with E-state index in [1.807, 2.05) is 35.2 Å². The monoisotopic (exact) mass is 275 g/mol. The van der Waals surface area contributed by atoms with Crippen LogP contribution in [0.15, 0.2) is 36.4 Å². The van der Waals surface area contributed by atoms with Gasteiger partial charge in [-0.3, -0.25) is 0 Å². The van der Waals surface area contributed by atoms with Gasteiger partial charge in [-0.05, 0) is 6.42 Å². The van der Waals surface area contributed by atoms with Gasteiger partial charge < -0.3 is 10.0 Å². The van der Waals surface area contributed by atoms with Gasteiger partial charge in [0.25, 0.3) is 0 Å². The van der Waals surface area contributed by atoms with Crippen LogP contribution in [0.4, 0.5) is 5.82 Å². The minimum Gasteiger partial charge on any atom is -0.391 e. The number of aliphatic hydroxyl groups is 1. The number of hydrogen-bond donors (Lipinski definition) is 1. The number of β-amino-alcohol motifs (C(OH)–C–C–N with tert-alkyl or cyclic N) is 1. The van der Waals surface area contributed by atoms with Gasteiger partial charge in [0.2, 0.25) is 0 Å². The Balaban J connectivity index is 1.97. The molecule has 1 aliphatic rings. The molecule has 0 spiro atoms. The molecule has 1 aliphatic heterocycles. The number of nitrogens with zero attached hydrogens (tertiary/aromatic N) is 3. The predicted molar refractivity (Wildman–Crippen MR) is 75.3 cm³/mol. The maximum absolute atomic E-state index is 9.60. The number of aromatic nitrogens is 2. The molecule has 3 rings (SSSR count). The Morgan fingerprint density at radius 2 is 2.00 bits per heavy atom. The Morgan fingerprint density at radius 1 is 1.21 bits per heavy atom. The predicted octanol–water partition coefficient (Wildman–Crippen LogP) is 2.37. The lowest BCUT2D eigenvalue weighted by molar-refractivity contribution is 0.198. The van der Waals surface area contributed by atoms with Gasteiger partial charge in [0, 0.05) is 24.7 Å². The van der Waals surface area contributed by atoms with Crippen molar-refractivity contribution in [1.82, 2.24) is 9.97 Å². The van der Waals surface area contributed by atoms with Crippen molar-refractivity contribution < 1.29 is 5.11 Å². The van der Waals surface area contributed by atoms with Gasteiger partial charge in [-0.15, -0.1) is 0 Å². The molecule has 0 bridgehead atoms. The average Bonchev–Trinajstić information content (AvgIpc) is 2.86. The molecule has 1 aromatic heterocycles. The third kappa shape index (κ3) is 2.69. The number of benzene rings is 1. The lowest BCUT2D eigenvalue weighted by atomic mass is 10.2. The number of rotatable bonds is 2. The molecule has 0 aliphatic carbocycles. The van der Waals surface area contributed by atoms with E-state index in [1.54, 1.807) is 6.07 Å². The third-order valence-corrected chi connectivity index (χ3v) is 3.39. The zero-order chi connectivity index (χ0) is 13.2. The van der Waals surface area contributed by atoms with Crippen LogP contribution in [0.2, 0.25) is 5.15 Å². The van der Waals surface area contributed by atoms with Crippen LogP contribution in [0, 0.1) is 0 Å². The van der Waals surface area contributed by atoms with Gasteiger partial charge >= 0.3 is 0 Å². The highest BCUT2D eigenvalue weighted by atomic mass is 35.5. The number of anilines is 1.